The summed E-state index contributed by atoms with van der Waals surface area (Å²) in [6.07, 6.45) is 0. The molecule has 0 fully saturated rings. The molecule has 0 aliphatic carbocycles. The number of benzene rings is 1. The quantitative estimate of drug-likeness (QED) is 0.692. The largest absolute Gasteiger partial charge is 0.375 e. The summed E-state index contributed by atoms with van der Waals surface area (Å²) in [6.45, 7) is 0.526. The minimum absolute atomic E-state index is 0.526. The molecule has 2 heterocycles. The summed E-state index contributed by atoms with van der Waals surface area (Å²) in [5.41, 5.74) is 1.07. The van der Waals surface area contributed by atoms with Crippen molar-refractivity contribution in [2.45, 2.75) is 6.54 Å². The number of para-hydroxylation sites is 1. The molecule has 1 aromatic carbocycles. The van der Waals surface area contributed by atoms with E-state index in [2.05, 4.69) is 38.0 Å². The van der Waals surface area contributed by atoms with Gasteiger partial charge in [-0.1, -0.05) is 23.4 Å². The minimum Gasteiger partial charge on any atom is -0.375 e. The van der Waals surface area contributed by atoms with E-state index in [0.29, 0.717) is 18.3 Å². The van der Waals surface area contributed by atoms with Crippen LogP contribution < -0.4 is 5.32 Å². The number of hydrogen-bond acceptors (Lipinski definition) is 5. The summed E-state index contributed by atoms with van der Waals surface area (Å²) < 4.78 is 6.40. The zero-order valence-corrected chi connectivity index (χ0v) is 12.8. The van der Waals surface area contributed by atoms with Gasteiger partial charge in [-0.05, 0) is 46.2 Å². The third kappa shape index (κ3) is 2.95. The van der Waals surface area contributed by atoms with Crippen molar-refractivity contribution in [2.75, 3.05) is 5.32 Å². The highest BCUT2D eigenvalue weighted by Gasteiger charge is 2.09. The normalized spacial score (nSPS) is 10.6. The average molecular weight is 383 g/mol. The minimum atomic E-state index is 0.526. The summed E-state index contributed by atoms with van der Waals surface area (Å²) in [6, 6.07) is 12.0. The summed E-state index contributed by atoms with van der Waals surface area (Å²) >= 11 is 3.89. The van der Waals surface area contributed by atoms with Crippen LogP contribution >= 0.6 is 33.9 Å². The first-order chi connectivity index (χ1) is 9.33. The first-order valence-corrected chi connectivity index (χ1v) is 7.63. The molecule has 2 aromatic heterocycles. The third-order valence-corrected chi connectivity index (χ3v) is 4.32. The van der Waals surface area contributed by atoms with Gasteiger partial charge in [0, 0.05) is 9.26 Å². The molecule has 3 aromatic rings. The van der Waals surface area contributed by atoms with E-state index in [1.165, 1.54) is 0 Å². The summed E-state index contributed by atoms with van der Waals surface area (Å²) in [4.78, 5) is 5.38. The van der Waals surface area contributed by atoms with Crippen molar-refractivity contribution in [3.8, 4) is 10.7 Å². The fourth-order valence-corrected chi connectivity index (χ4v) is 2.84. The molecule has 0 spiro atoms. The molecule has 0 bridgehead atoms. The molecule has 19 heavy (non-hydrogen) atoms. The van der Waals surface area contributed by atoms with Crippen LogP contribution in [0.4, 0.5) is 5.69 Å². The van der Waals surface area contributed by atoms with Crippen LogP contribution in [0.5, 0.6) is 0 Å². The number of nitrogens with zero attached hydrogens (tertiary/aromatic N) is 2. The lowest BCUT2D eigenvalue weighted by Gasteiger charge is -2.04. The van der Waals surface area contributed by atoms with E-state index in [1.54, 1.807) is 11.3 Å². The van der Waals surface area contributed by atoms with Gasteiger partial charge in [0.05, 0.1) is 11.4 Å². The van der Waals surface area contributed by atoms with E-state index in [0.717, 1.165) is 14.1 Å². The van der Waals surface area contributed by atoms with E-state index < -0.39 is 0 Å². The molecule has 0 amide bonds. The number of rotatable bonds is 4. The lowest BCUT2D eigenvalue weighted by molar-refractivity contribution is 0.384. The summed E-state index contributed by atoms with van der Waals surface area (Å²) in [7, 11) is 0. The molecule has 96 valence electrons. The standard InChI is InChI=1S/C13H10IN3OS/c14-9-4-1-2-5-10(9)15-8-12-16-13(17-18-12)11-6-3-7-19-11/h1-7,15H,8H2. The number of thiophene rings is 1. The van der Waals surface area contributed by atoms with Gasteiger partial charge in [0.25, 0.3) is 0 Å². The number of hydrogen-bond donors (Lipinski definition) is 1. The van der Waals surface area contributed by atoms with Crippen molar-refractivity contribution < 1.29 is 4.52 Å². The van der Waals surface area contributed by atoms with Crippen molar-refractivity contribution in [1.82, 2.24) is 10.1 Å². The predicted octanol–water partition coefficient (Wildman–Crippen LogP) is 4.01. The Hall–Kier alpha value is -1.41. The predicted molar refractivity (Wildman–Crippen MR) is 84.1 cm³/mol. The SMILES string of the molecule is Ic1ccccc1NCc1nc(-c2cccs2)no1. The van der Waals surface area contributed by atoms with Gasteiger partial charge in [-0.2, -0.15) is 4.98 Å². The van der Waals surface area contributed by atoms with Gasteiger partial charge >= 0.3 is 0 Å². The zero-order chi connectivity index (χ0) is 13.1. The van der Waals surface area contributed by atoms with E-state index in [-0.39, 0.29) is 0 Å². The van der Waals surface area contributed by atoms with Crippen molar-refractivity contribution in [2.24, 2.45) is 0 Å². The Morgan fingerprint density at radius 1 is 1.21 bits per heavy atom. The highest BCUT2D eigenvalue weighted by atomic mass is 127. The van der Waals surface area contributed by atoms with E-state index in [4.69, 9.17) is 4.52 Å². The Morgan fingerprint density at radius 2 is 2.11 bits per heavy atom. The Balaban J connectivity index is 1.70. The maximum atomic E-state index is 5.23. The van der Waals surface area contributed by atoms with Crippen LogP contribution in [0, 0.1) is 3.57 Å². The molecule has 0 aliphatic heterocycles. The van der Waals surface area contributed by atoms with Crippen LogP contribution in [0.2, 0.25) is 0 Å². The van der Waals surface area contributed by atoms with Crippen LogP contribution in [0.1, 0.15) is 5.89 Å². The number of aromatic nitrogens is 2. The molecule has 0 saturated heterocycles. The maximum absolute atomic E-state index is 5.23. The van der Waals surface area contributed by atoms with Crippen molar-refractivity contribution in [3.05, 3.63) is 51.2 Å². The fourth-order valence-electron chi connectivity index (χ4n) is 1.61. The van der Waals surface area contributed by atoms with Crippen molar-refractivity contribution in [3.63, 3.8) is 0 Å². The first kappa shape index (κ1) is 12.6. The fraction of sp³-hybridized carbons (Fsp3) is 0.0769. The molecule has 0 atom stereocenters. The van der Waals surface area contributed by atoms with Gasteiger partial charge in [-0.15, -0.1) is 11.3 Å². The highest BCUT2D eigenvalue weighted by Crippen LogP contribution is 2.22. The topological polar surface area (TPSA) is 51.0 Å². The monoisotopic (exact) mass is 383 g/mol. The second-order valence-electron chi connectivity index (χ2n) is 3.82. The number of halogens is 1. The van der Waals surface area contributed by atoms with Gasteiger partial charge in [0.1, 0.15) is 0 Å². The van der Waals surface area contributed by atoms with Gasteiger partial charge in [0.2, 0.25) is 11.7 Å². The Bertz CT molecular complexity index is 666. The van der Waals surface area contributed by atoms with Crippen LogP contribution in [-0.4, -0.2) is 10.1 Å². The van der Waals surface area contributed by atoms with Crippen molar-refractivity contribution >= 4 is 39.6 Å². The molecular formula is C13H10IN3OS. The van der Waals surface area contributed by atoms with E-state index in [1.807, 2.05) is 41.8 Å². The highest BCUT2D eigenvalue weighted by molar-refractivity contribution is 14.1. The van der Waals surface area contributed by atoms with Gasteiger partial charge in [-0.3, -0.25) is 0 Å². The number of nitrogens with one attached hydrogen (secondary N) is 1. The average Bonchev–Trinajstić information content (AvgIpc) is 3.09. The molecular weight excluding hydrogens is 373 g/mol. The van der Waals surface area contributed by atoms with Crippen molar-refractivity contribution in [1.29, 1.82) is 0 Å². The molecule has 3 rings (SSSR count). The maximum Gasteiger partial charge on any atom is 0.246 e. The molecule has 0 radical (unpaired) electrons. The molecule has 4 nitrogen and oxygen atoms in total. The zero-order valence-electron chi connectivity index (χ0n) is 9.84. The van der Waals surface area contributed by atoms with E-state index in [9.17, 15) is 0 Å². The molecule has 1 N–H and O–H groups in total. The number of anilines is 1. The Morgan fingerprint density at radius 3 is 2.89 bits per heavy atom. The molecule has 0 aliphatic rings. The molecule has 0 saturated carbocycles. The summed E-state index contributed by atoms with van der Waals surface area (Å²) in [5, 5.41) is 9.26. The molecule has 6 heteroatoms. The second-order valence-corrected chi connectivity index (χ2v) is 5.93. The Kier molecular flexibility index (Phi) is 3.79. The van der Waals surface area contributed by atoms with Gasteiger partial charge in [-0.25, -0.2) is 0 Å². The summed E-state index contributed by atoms with van der Waals surface area (Å²) in [5.74, 6) is 1.23. The van der Waals surface area contributed by atoms with Gasteiger partial charge in [0.15, 0.2) is 0 Å². The molecule has 0 unspecified atom stereocenters. The van der Waals surface area contributed by atoms with Crippen LogP contribution in [0.3, 0.4) is 0 Å². The van der Waals surface area contributed by atoms with E-state index >= 15 is 0 Å². The lowest BCUT2D eigenvalue weighted by atomic mass is 10.3. The van der Waals surface area contributed by atoms with Crippen LogP contribution in [0.25, 0.3) is 10.7 Å². The van der Waals surface area contributed by atoms with Gasteiger partial charge < -0.3 is 9.84 Å². The smallest absolute Gasteiger partial charge is 0.246 e. The first-order valence-electron chi connectivity index (χ1n) is 5.68. The second kappa shape index (κ2) is 5.70. The van der Waals surface area contributed by atoms with Crippen LogP contribution in [-0.2, 0) is 6.54 Å². The van der Waals surface area contributed by atoms with Crippen LogP contribution in [0.15, 0.2) is 46.3 Å². The lowest BCUT2D eigenvalue weighted by Crippen LogP contribution is -2.00. The Labute approximate surface area is 128 Å². The third-order valence-electron chi connectivity index (χ3n) is 2.51.